The Hall–Kier alpha value is -1.92. The lowest BCUT2D eigenvalue weighted by molar-refractivity contribution is -0.144. The molecule has 7 heteroatoms. The van der Waals surface area contributed by atoms with Gasteiger partial charge < -0.3 is 10.1 Å². The lowest BCUT2D eigenvalue weighted by Gasteiger charge is -2.20. The van der Waals surface area contributed by atoms with E-state index in [0.717, 1.165) is 6.42 Å². The zero-order valence-electron chi connectivity index (χ0n) is 11.7. The first-order chi connectivity index (χ1) is 9.03. The molecule has 0 aliphatic carbocycles. The highest BCUT2D eigenvalue weighted by atomic mass is 16.5. The van der Waals surface area contributed by atoms with Crippen LogP contribution < -0.4 is 5.32 Å². The lowest BCUT2D eigenvalue weighted by atomic mass is 9.99. The van der Waals surface area contributed by atoms with Gasteiger partial charge in [0.05, 0.1) is 7.11 Å². The number of H-pyrrole nitrogens is 1. The van der Waals surface area contributed by atoms with Gasteiger partial charge in [-0.15, -0.1) is 5.10 Å². The molecule has 0 aromatic carbocycles. The van der Waals surface area contributed by atoms with Crippen molar-refractivity contribution in [1.29, 1.82) is 0 Å². The Morgan fingerprint density at radius 1 is 1.42 bits per heavy atom. The molecule has 0 bridgehead atoms. The summed E-state index contributed by atoms with van der Waals surface area (Å²) in [5, 5.41) is 9.08. The normalized spacial score (nSPS) is 13.7. The molecule has 0 spiro atoms. The summed E-state index contributed by atoms with van der Waals surface area (Å²) < 4.78 is 4.70. The van der Waals surface area contributed by atoms with Crippen LogP contribution in [0, 0.1) is 5.92 Å². The Morgan fingerprint density at radius 2 is 2.11 bits per heavy atom. The first-order valence-electron chi connectivity index (χ1n) is 6.33. The second kappa shape index (κ2) is 6.86. The summed E-state index contributed by atoms with van der Waals surface area (Å²) in [4.78, 5) is 27.6. The number of hydrogen-bond donors (Lipinski definition) is 2. The second-order valence-corrected chi connectivity index (χ2v) is 4.32. The van der Waals surface area contributed by atoms with E-state index < -0.39 is 17.9 Å². The van der Waals surface area contributed by atoms with E-state index in [-0.39, 0.29) is 11.7 Å². The topological polar surface area (TPSA) is 97.0 Å². The van der Waals surface area contributed by atoms with Gasteiger partial charge in [0.15, 0.2) is 0 Å². The van der Waals surface area contributed by atoms with Crippen LogP contribution in [-0.4, -0.2) is 40.2 Å². The molecule has 2 N–H and O–H groups in total. The van der Waals surface area contributed by atoms with Crippen molar-refractivity contribution in [2.45, 2.75) is 39.7 Å². The molecule has 1 rings (SSSR count). The van der Waals surface area contributed by atoms with Crippen molar-refractivity contribution >= 4 is 11.9 Å². The Kier molecular flexibility index (Phi) is 5.47. The number of carbonyl (C=O) groups is 2. The Morgan fingerprint density at radius 3 is 2.58 bits per heavy atom. The molecule has 1 amide bonds. The fraction of sp³-hybridized carbons (Fsp3) is 0.667. The van der Waals surface area contributed by atoms with E-state index in [9.17, 15) is 9.59 Å². The van der Waals surface area contributed by atoms with E-state index in [1.54, 1.807) is 0 Å². The number of hydrogen-bond acceptors (Lipinski definition) is 5. The predicted octanol–water partition coefficient (Wildman–Crippen LogP) is 0.685. The average molecular weight is 268 g/mol. The van der Waals surface area contributed by atoms with Crippen LogP contribution in [0.15, 0.2) is 0 Å². The van der Waals surface area contributed by atoms with E-state index in [4.69, 9.17) is 4.74 Å². The number of ether oxygens (including phenoxy) is 1. The van der Waals surface area contributed by atoms with Crippen LogP contribution in [0.5, 0.6) is 0 Å². The number of esters is 1. The maximum atomic E-state index is 12.0. The largest absolute Gasteiger partial charge is 0.467 e. The van der Waals surface area contributed by atoms with E-state index in [2.05, 4.69) is 20.5 Å². The molecule has 0 radical (unpaired) electrons. The van der Waals surface area contributed by atoms with Crippen molar-refractivity contribution in [3.8, 4) is 0 Å². The first kappa shape index (κ1) is 15.1. The van der Waals surface area contributed by atoms with Gasteiger partial charge in [-0.05, 0) is 5.92 Å². The molecule has 7 nitrogen and oxygen atoms in total. The molecular formula is C12H20N4O3. The maximum absolute atomic E-state index is 12.0. The van der Waals surface area contributed by atoms with Crippen molar-refractivity contribution in [2.75, 3.05) is 7.11 Å². The molecule has 1 aromatic heterocycles. The fourth-order valence-electron chi connectivity index (χ4n) is 1.56. The summed E-state index contributed by atoms with van der Waals surface area (Å²) in [5.41, 5.74) is 0. The van der Waals surface area contributed by atoms with E-state index in [1.807, 2.05) is 20.8 Å². The fourth-order valence-corrected chi connectivity index (χ4v) is 1.56. The van der Waals surface area contributed by atoms with Gasteiger partial charge in [0.25, 0.3) is 5.91 Å². The van der Waals surface area contributed by atoms with Gasteiger partial charge in [0.1, 0.15) is 11.9 Å². The highest BCUT2D eigenvalue weighted by Gasteiger charge is 2.28. The van der Waals surface area contributed by atoms with Gasteiger partial charge in [-0.3, -0.25) is 9.89 Å². The molecule has 0 saturated heterocycles. The summed E-state index contributed by atoms with van der Waals surface area (Å²) in [6.45, 7) is 5.71. The average Bonchev–Trinajstić information content (AvgIpc) is 2.91. The summed E-state index contributed by atoms with van der Waals surface area (Å²) in [6.07, 6.45) is 1.40. The Labute approximate surface area is 112 Å². The number of nitrogens with one attached hydrogen (secondary N) is 2. The van der Waals surface area contributed by atoms with Crippen LogP contribution >= 0.6 is 0 Å². The minimum Gasteiger partial charge on any atom is -0.467 e. The summed E-state index contributed by atoms with van der Waals surface area (Å²) >= 11 is 0. The van der Waals surface area contributed by atoms with Crippen molar-refractivity contribution in [2.24, 2.45) is 5.92 Å². The van der Waals surface area contributed by atoms with Gasteiger partial charge in [-0.25, -0.2) is 9.78 Å². The number of aryl methyl sites for hydroxylation is 1. The number of nitrogens with zero attached hydrogens (tertiary/aromatic N) is 2. The van der Waals surface area contributed by atoms with Gasteiger partial charge in [-0.1, -0.05) is 27.2 Å². The van der Waals surface area contributed by atoms with E-state index in [1.165, 1.54) is 7.11 Å². The van der Waals surface area contributed by atoms with Crippen LogP contribution in [0.2, 0.25) is 0 Å². The zero-order valence-corrected chi connectivity index (χ0v) is 11.7. The number of carbonyl (C=O) groups excluding carboxylic acids is 2. The van der Waals surface area contributed by atoms with E-state index in [0.29, 0.717) is 12.2 Å². The number of amides is 1. The Balaban J connectivity index is 2.78. The van der Waals surface area contributed by atoms with Crippen molar-refractivity contribution in [1.82, 2.24) is 20.5 Å². The number of aromatic amines is 1. The summed E-state index contributed by atoms with van der Waals surface area (Å²) in [5.74, 6) is -0.307. The first-order valence-corrected chi connectivity index (χ1v) is 6.33. The smallest absolute Gasteiger partial charge is 0.328 e. The minimum absolute atomic E-state index is 0.0269. The molecule has 0 saturated carbocycles. The SMILES string of the molecule is CCc1nc(C(=O)NC(C(=O)OC)C(C)CC)n[nH]1. The second-order valence-electron chi connectivity index (χ2n) is 4.32. The Bertz CT molecular complexity index is 444. The van der Waals surface area contributed by atoms with Gasteiger partial charge in [0.2, 0.25) is 5.82 Å². The molecule has 0 aliphatic rings. The quantitative estimate of drug-likeness (QED) is 0.740. The summed E-state index contributed by atoms with van der Waals surface area (Å²) in [7, 11) is 1.30. The highest BCUT2D eigenvalue weighted by Crippen LogP contribution is 2.09. The molecule has 106 valence electrons. The zero-order chi connectivity index (χ0) is 14.4. The van der Waals surface area contributed by atoms with Crippen molar-refractivity contribution in [3.05, 3.63) is 11.6 Å². The predicted molar refractivity (Wildman–Crippen MR) is 68.5 cm³/mol. The van der Waals surface area contributed by atoms with Crippen LogP contribution in [0.25, 0.3) is 0 Å². The van der Waals surface area contributed by atoms with Gasteiger partial charge in [-0.2, -0.15) is 0 Å². The van der Waals surface area contributed by atoms with Gasteiger partial charge in [0, 0.05) is 6.42 Å². The third kappa shape index (κ3) is 3.77. The standard InChI is InChI=1S/C12H20N4O3/c1-5-7(3)9(12(18)19-4)14-11(17)10-13-8(6-2)15-16-10/h7,9H,5-6H2,1-4H3,(H,14,17)(H,13,15,16). The van der Waals surface area contributed by atoms with Crippen LogP contribution in [-0.2, 0) is 16.0 Å². The number of aromatic nitrogens is 3. The molecule has 2 unspecified atom stereocenters. The maximum Gasteiger partial charge on any atom is 0.328 e. The molecule has 0 fully saturated rings. The third-order valence-corrected chi connectivity index (χ3v) is 3.02. The highest BCUT2D eigenvalue weighted by molar-refractivity contribution is 5.93. The van der Waals surface area contributed by atoms with Crippen LogP contribution in [0.3, 0.4) is 0 Å². The molecule has 0 aliphatic heterocycles. The van der Waals surface area contributed by atoms with Crippen molar-refractivity contribution in [3.63, 3.8) is 0 Å². The minimum atomic E-state index is -0.689. The number of rotatable bonds is 6. The van der Waals surface area contributed by atoms with Crippen LogP contribution in [0.1, 0.15) is 43.6 Å². The molecule has 1 aromatic rings. The lowest BCUT2D eigenvalue weighted by Crippen LogP contribution is -2.46. The van der Waals surface area contributed by atoms with Gasteiger partial charge >= 0.3 is 5.97 Å². The molecule has 19 heavy (non-hydrogen) atoms. The van der Waals surface area contributed by atoms with E-state index >= 15 is 0 Å². The number of methoxy groups -OCH3 is 1. The molecule has 1 heterocycles. The third-order valence-electron chi connectivity index (χ3n) is 3.02. The monoisotopic (exact) mass is 268 g/mol. The molecule has 2 atom stereocenters. The van der Waals surface area contributed by atoms with Crippen LogP contribution in [0.4, 0.5) is 0 Å². The van der Waals surface area contributed by atoms with Crippen molar-refractivity contribution < 1.29 is 14.3 Å². The summed E-state index contributed by atoms with van der Waals surface area (Å²) in [6, 6.07) is -0.689. The molecular weight excluding hydrogens is 248 g/mol.